The average molecular weight is 348 g/mol. The Balaban J connectivity index is 1.86. The van der Waals surface area contributed by atoms with Crippen LogP contribution in [-0.2, 0) is 11.3 Å². The van der Waals surface area contributed by atoms with Crippen molar-refractivity contribution in [3.05, 3.63) is 35.9 Å². The molecule has 1 heterocycles. The van der Waals surface area contributed by atoms with Gasteiger partial charge in [0.25, 0.3) is 0 Å². The quantitative estimate of drug-likeness (QED) is 0.777. The van der Waals surface area contributed by atoms with Crippen molar-refractivity contribution < 1.29 is 9.90 Å². The predicted octanol–water partition coefficient (Wildman–Crippen LogP) is 1.67. The summed E-state index contributed by atoms with van der Waals surface area (Å²) in [5.74, 6) is 0.783. The molecule has 1 fully saturated rings. The average Bonchev–Trinajstić information content (AvgIpc) is 2.57. The fraction of sp³-hybridized carbons (Fsp3) is 0.650. The lowest BCUT2D eigenvalue weighted by Gasteiger charge is -2.42. The molecule has 0 aromatic heterocycles. The summed E-state index contributed by atoms with van der Waals surface area (Å²) < 4.78 is 0. The molecule has 1 aromatic rings. The summed E-state index contributed by atoms with van der Waals surface area (Å²) in [7, 11) is 1.99. The topological polar surface area (TPSA) is 47.0 Å². The molecule has 0 radical (unpaired) electrons. The van der Waals surface area contributed by atoms with Crippen LogP contribution in [0, 0.1) is 5.92 Å². The maximum absolute atomic E-state index is 12.7. The van der Waals surface area contributed by atoms with Crippen molar-refractivity contribution in [3.8, 4) is 0 Å². The molecule has 0 spiro atoms. The van der Waals surface area contributed by atoms with Gasteiger partial charge in [-0.1, -0.05) is 44.2 Å². The summed E-state index contributed by atoms with van der Waals surface area (Å²) in [4.78, 5) is 19.1. The normalized spacial score (nSPS) is 19.0. The maximum atomic E-state index is 12.7. The Bertz CT molecular complexity index is 521. The standard InChI is InChI=1S/C20H33N3O2/c1-17(2)13-22-10-11-23(15-19(22)9-12-24)20(25)16-21(3)14-18-7-5-4-6-8-18/h4-8,17,19,24H,9-16H2,1-3H3/t19-/m0/s1. The smallest absolute Gasteiger partial charge is 0.236 e. The zero-order valence-corrected chi connectivity index (χ0v) is 15.9. The molecular formula is C20H33N3O2. The van der Waals surface area contributed by atoms with E-state index in [1.165, 1.54) is 5.56 Å². The second kappa shape index (κ2) is 9.90. The molecule has 0 saturated carbocycles. The van der Waals surface area contributed by atoms with E-state index in [0.717, 1.165) is 39.1 Å². The molecule has 1 amide bonds. The Labute approximate surface area is 152 Å². The van der Waals surface area contributed by atoms with Crippen molar-refractivity contribution in [1.29, 1.82) is 0 Å². The lowest BCUT2D eigenvalue weighted by atomic mass is 10.1. The van der Waals surface area contributed by atoms with Gasteiger partial charge in [-0.15, -0.1) is 0 Å². The Kier molecular flexibility index (Phi) is 7.88. The Hall–Kier alpha value is -1.43. The number of carbonyl (C=O) groups excluding carboxylic acids is 1. The highest BCUT2D eigenvalue weighted by molar-refractivity contribution is 5.78. The summed E-state index contributed by atoms with van der Waals surface area (Å²) in [5.41, 5.74) is 1.22. The molecule has 1 atom stereocenters. The van der Waals surface area contributed by atoms with Crippen LogP contribution in [-0.4, -0.2) is 78.1 Å². The minimum atomic E-state index is 0.176. The molecule has 0 bridgehead atoms. The molecule has 0 unspecified atom stereocenters. The van der Waals surface area contributed by atoms with E-state index in [-0.39, 0.29) is 18.6 Å². The number of amides is 1. The van der Waals surface area contributed by atoms with Gasteiger partial charge in [0.15, 0.2) is 0 Å². The molecule has 1 saturated heterocycles. The molecule has 1 N–H and O–H groups in total. The molecule has 1 aromatic carbocycles. The van der Waals surface area contributed by atoms with E-state index >= 15 is 0 Å². The van der Waals surface area contributed by atoms with Crippen LogP contribution in [0.1, 0.15) is 25.8 Å². The molecule has 5 nitrogen and oxygen atoms in total. The molecule has 0 aliphatic carbocycles. The van der Waals surface area contributed by atoms with Gasteiger partial charge in [-0.2, -0.15) is 0 Å². The first-order valence-corrected chi connectivity index (χ1v) is 9.34. The first-order valence-electron chi connectivity index (χ1n) is 9.34. The molecular weight excluding hydrogens is 314 g/mol. The fourth-order valence-corrected chi connectivity index (χ4v) is 3.53. The van der Waals surface area contributed by atoms with Gasteiger partial charge in [0.1, 0.15) is 0 Å². The van der Waals surface area contributed by atoms with Gasteiger partial charge in [0.2, 0.25) is 5.91 Å². The van der Waals surface area contributed by atoms with E-state index in [1.807, 2.05) is 30.1 Å². The number of nitrogens with zero attached hydrogens (tertiary/aromatic N) is 3. The summed E-state index contributed by atoms with van der Waals surface area (Å²) in [6, 6.07) is 10.5. The van der Waals surface area contributed by atoms with Gasteiger partial charge in [0, 0.05) is 45.4 Å². The van der Waals surface area contributed by atoms with Gasteiger partial charge in [-0.3, -0.25) is 14.6 Å². The zero-order chi connectivity index (χ0) is 18.2. The maximum Gasteiger partial charge on any atom is 0.236 e. The molecule has 2 rings (SSSR count). The number of likely N-dealkylation sites (N-methyl/N-ethyl adjacent to an activating group) is 1. The highest BCUT2D eigenvalue weighted by atomic mass is 16.3. The third-order valence-electron chi connectivity index (χ3n) is 4.72. The highest BCUT2D eigenvalue weighted by Crippen LogP contribution is 2.15. The van der Waals surface area contributed by atoms with E-state index in [2.05, 4.69) is 35.8 Å². The fourth-order valence-electron chi connectivity index (χ4n) is 3.53. The highest BCUT2D eigenvalue weighted by Gasteiger charge is 2.29. The van der Waals surface area contributed by atoms with Crippen molar-refractivity contribution >= 4 is 5.91 Å². The zero-order valence-electron chi connectivity index (χ0n) is 15.9. The van der Waals surface area contributed by atoms with Gasteiger partial charge >= 0.3 is 0 Å². The number of piperazine rings is 1. The van der Waals surface area contributed by atoms with E-state index < -0.39 is 0 Å². The van der Waals surface area contributed by atoms with Gasteiger partial charge in [0.05, 0.1) is 6.54 Å². The summed E-state index contributed by atoms with van der Waals surface area (Å²) in [5, 5.41) is 9.37. The number of aliphatic hydroxyl groups is 1. The number of carbonyl (C=O) groups is 1. The second-order valence-corrected chi connectivity index (χ2v) is 7.55. The van der Waals surface area contributed by atoms with Crippen molar-refractivity contribution in [1.82, 2.24) is 14.7 Å². The summed E-state index contributed by atoms with van der Waals surface area (Å²) in [6.07, 6.45) is 0.732. The van der Waals surface area contributed by atoms with E-state index in [0.29, 0.717) is 12.5 Å². The molecule has 25 heavy (non-hydrogen) atoms. The first kappa shape index (κ1) is 19.9. The van der Waals surface area contributed by atoms with Crippen LogP contribution in [0.4, 0.5) is 0 Å². The van der Waals surface area contributed by atoms with Crippen LogP contribution in [0.3, 0.4) is 0 Å². The number of benzene rings is 1. The number of hydrogen-bond donors (Lipinski definition) is 1. The van der Waals surface area contributed by atoms with Crippen LogP contribution in [0.15, 0.2) is 30.3 Å². The third kappa shape index (κ3) is 6.42. The van der Waals surface area contributed by atoms with Gasteiger partial charge in [-0.25, -0.2) is 0 Å². The van der Waals surface area contributed by atoms with Crippen molar-refractivity contribution in [2.45, 2.75) is 32.9 Å². The molecule has 5 heteroatoms. The molecule has 1 aliphatic heterocycles. The Morgan fingerprint density at radius 2 is 2.00 bits per heavy atom. The monoisotopic (exact) mass is 347 g/mol. The van der Waals surface area contributed by atoms with Crippen molar-refractivity contribution in [3.63, 3.8) is 0 Å². The van der Waals surface area contributed by atoms with Crippen LogP contribution in [0.2, 0.25) is 0 Å². The van der Waals surface area contributed by atoms with Crippen LogP contribution < -0.4 is 0 Å². The Morgan fingerprint density at radius 3 is 2.64 bits per heavy atom. The molecule has 1 aliphatic rings. The lowest BCUT2D eigenvalue weighted by molar-refractivity contribution is -0.135. The number of aliphatic hydroxyl groups excluding tert-OH is 1. The van der Waals surface area contributed by atoms with E-state index in [4.69, 9.17) is 0 Å². The van der Waals surface area contributed by atoms with Crippen LogP contribution >= 0.6 is 0 Å². The largest absolute Gasteiger partial charge is 0.396 e. The summed E-state index contributed by atoms with van der Waals surface area (Å²) in [6.45, 7) is 9.26. The predicted molar refractivity (Wildman–Crippen MR) is 101 cm³/mol. The van der Waals surface area contributed by atoms with E-state index in [9.17, 15) is 9.90 Å². The van der Waals surface area contributed by atoms with Crippen molar-refractivity contribution in [2.24, 2.45) is 5.92 Å². The number of hydrogen-bond acceptors (Lipinski definition) is 4. The Morgan fingerprint density at radius 1 is 1.28 bits per heavy atom. The van der Waals surface area contributed by atoms with Crippen LogP contribution in [0.25, 0.3) is 0 Å². The minimum absolute atomic E-state index is 0.176. The third-order valence-corrected chi connectivity index (χ3v) is 4.72. The SMILES string of the molecule is CC(C)CN1CCN(C(=O)CN(C)Cc2ccccc2)C[C@@H]1CCO. The minimum Gasteiger partial charge on any atom is -0.396 e. The summed E-state index contributed by atoms with van der Waals surface area (Å²) >= 11 is 0. The van der Waals surface area contributed by atoms with Crippen molar-refractivity contribution in [2.75, 3.05) is 46.4 Å². The van der Waals surface area contributed by atoms with E-state index in [1.54, 1.807) is 0 Å². The molecule has 140 valence electrons. The lowest BCUT2D eigenvalue weighted by Crippen LogP contribution is -2.56. The van der Waals surface area contributed by atoms with Gasteiger partial charge in [-0.05, 0) is 24.9 Å². The number of rotatable bonds is 8. The van der Waals surface area contributed by atoms with Crippen LogP contribution in [0.5, 0.6) is 0 Å². The van der Waals surface area contributed by atoms with Gasteiger partial charge < -0.3 is 10.0 Å². The first-order chi connectivity index (χ1) is 12.0. The second-order valence-electron chi connectivity index (χ2n) is 7.55.